The third-order valence-corrected chi connectivity index (χ3v) is 16.3. The van der Waals surface area contributed by atoms with Gasteiger partial charge in [-0.2, -0.15) is 21.0 Å². The van der Waals surface area contributed by atoms with Crippen LogP contribution in [0.15, 0.2) is 53.1 Å². The molecule has 0 saturated heterocycles. The van der Waals surface area contributed by atoms with Crippen LogP contribution in [0.5, 0.6) is 0 Å². The highest BCUT2D eigenvalue weighted by Crippen LogP contribution is 2.61. The molecular formula is C42H18N4O4S4. The zero-order valence-corrected chi connectivity index (χ0v) is 31.0. The second-order valence-electron chi connectivity index (χ2n) is 13.7. The Morgan fingerprint density at radius 3 is 1.54 bits per heavy atom. The molecule has 0 radical (unpaired) electrons. The lowest BCUT2D eigenvalue weighted by Gasteiger charge is -2.36. The van der Waals surface area contributed by atoms with Crippen LogP contribution >= 0.6 is 45.3 Å². The first kappa shape index (κ1) is 32.5. The molecule has 1 fully saturated rings. The molecule has 10 rings (SSSR count). The number of thiophene rings is 4. The second kappa shape index (κ2) is 11.4. The van der Waals surface area contributed by atoms with Crippen LogP contribution < -0.4 is 0 Å². The predicted octanol–water partition coefficient (Wildman–Crippen LogP) is 9.95. The lowest BCUT2D eigenvalue weighted by atomic mass is 9.67. The summed E-state index contributed by atoms with van der Waals surface area (Å²) in [5, 5.41) is 37.9. The summed E-state index contributed by atoms with van der Waals surface area (Å²) in [6, 6.07) is 15.2. The van der Waals surface area contributed by atoms with Crippen molar-refractivity contribution in [2.45, 2.75) is 37.5 Å². The minimum absolute atomic E-state index is 0.0180. The summed E-state index contributed by atoms with van der Waals surface area (Å²) >= 11 is 6.68. The Labute approximate surface area is 322 Å². The topological polar surface area (TPSA) is 163 Å². The molecule has 2 aromatic carbocycles. The zero-order valence-electron chi connectivity index (χ0n) is 27.7. The number of carbonyl (C=O) groups is 4. The van der Waals surface area contributed by atoms with Crippen LogP contribution in [0.25, 0.3) is 40.4 Å². The zero-order chi connectivity index (χ0) is 37.2. The van der Waals surface area contributed by atoms with Crippen LogP contribution in [0.2, 0.25) is 0 Å². The van der Waals surface area contributed by atoms with Crippen molar-refractivity contribution in [2.24, 2.45) is 0 Å². The molecule has 4 aliphatic rings. The van der Waals surface area contributed by atoms with E-state index in [2.05, 4.69) is 6.08 Å². The highest BCUT2D eigenvalue weighted by molar-refractivity contribution is 7.44. The molecule has 0 N–H and O–H groups in total. The van der Waals surface area contributed by atoms with E-state index in [9.17, 15) is 40.2 Å². The Kier molecular flexibility index (Phi) is 6.89. The first-order valence-electron chi connectivity index (χ1n) is 16.9. The fourth-order valence-corrected chi connectivity index (χ4v) is 14.5. The molecule has 0 amide bonds. The van der Waals surface area contributed by atoms with E-state index in [1.54, 1.807) is 46.2 Å². The van der Waals surface area contributed by atoms with E-state index < -0.39 is 23.1 Å². The molecule has 254 valence electrons. The van der Waals surface area contributed by atoms with Gasteiger partial charge in [0.2, 0.25) is 0 Å². The van der Waals surface area contributed by atoms with E-state index in [0.29, 0.717) is 0 Å². The number of hydrogen-bond acceptors (Lipinski definition) is 12. The summed E-state index contributed by atoms with van der Waals surface area (Å²) in [7, 11) is 0. The van der Waals surface area contributed by atoms with Gasteiger partial charge >= 0.3 is 0 Å². The Hall–Kier alpha value is -6.12. The van der Waals surface area contributed by atoms with Crippen LogP contribution in [0, 0.1) is 45.3 Å². The van der Waals surface area contributed by atoms with Gasteiger partial charge in [-0.15, -0.1) is 45.3 Å². The largest absolute Gasteiger partial charge is 0.288 e. The Balaban J connectivity index is 1.05. The third-order valence-electron chi connectivity index (χ3n) is 11.0. The number of ketones is 4. The maximum absolute atomic E-state index is 13.7. The average molecular weight is 771 g/mol. The van der Waals surface area contributed by atoms with Gasteiger partial charge in [0.25, 0.3) is 0 Å². The molecule has 1 saturated carbocycles. The molecule has 1 spiro atoms. The van der Waals surface area contributed by atoms with Gasteiger partial charge in [-0.05, 0) is 72.5 Å². The standard InChI is InChI=1S/C42H18N4O4S4/c43-14-18-6-24-25(7-19(18)15-44)34(48)28(33(24)47)10-22-11-30-32(42(22)4-2-1-3-5-42)38-40(52-30)41-39(54-38)37-31(53-41)13-23(51-37)12-29-35(49)26-8-20(16-45)21(17-46)9-27(26)36(29)50/h6-13H,1-5H2. The number of hydrogen-bond donors (Lipinski definition) is 0. The highest BCUT2D eigenvalue weighted by atomic mass is 32.1. The number of carbonyl (C=O) groups excluding carboxylic acids is 4. The van der Waals surface area contributed by atoms with Crippen LogP contribution in [-0.2, 0) is 5.41 Å². The molecule has 6 aromatic rings. The van der Waals surface area contributed by atoms with Gasteiger partial charge in [0, 0.05) is 42.1 Å². The lowest BCUT2D eigenvalue weighted by Crippen LogP contribution is -2.29. The van der Waals surface area contributed by atoms with Gasteiger partial charge in [0.1, 0.15) is 24.3 Å². The summed E-state index contributed by atoms with van der Waals surface area (Å²) in [4.78, 5) is 55.9. The van der Waals surface area contributed by atoms with Crippen molar-refractivity contribution in [1.82, 2.24) is 0 Å². The van der Waals surface area contributed by atoms with Crippen molar-refractivity contribution >= 4 is 109 Å². The Bertz CT molecular complexity index is 3050. The third kappa shape index (κ3) is 4.23. The number of benzene rings is 2. The molecule has 4 aliphatic carbocycles. The van der Waals surface area contributed by atoms with Crippen molar-refractivity contribution in [3.63, 3.8) is 0 Å². The summed E-state index contributed by atoms with van der Waals surface area (Å²) in [6.07, 6.45) is 10.5. The molecule has 0 unspecified atom stereocenters. The number of fused-ring (bicyclic) bond motifs is 10. The fraction of sp³-hybridized carbons (Fsp3) is 0.143. The van der Waals surface area contributed by atoms with Gasteiger partial charge in [-0.25, -0.2) is 0 Å². The SMILES string of the molecule is N#Cc1cc2c(cc1C#N)C(=O)C(=CC1=Cc3sc4c(sc5c6sc(C=C7C(=O)c8cc(C#N)c(C#N)cc8C7=O)cc6sc45)c3C13CCCCC3)C2=O. The minimum atomic E-state index is -0.454. The summed E-state index contributed by atoms with van der Waals surface area (Å²) in [5.74, 6) is -1.75. The van der Waals surface area contributed by atoms with Gasteiger partial charge in [-0.1, -0.05) is 19.3 Å². The second-order valence-corrected chi connectivity index (χ2v) is 17.9. The van der Waals surface area contributed by atoms with Crippen LogP contribution in [0.3, 0.4) is 0 Å². The first-order chi connectivity index (χ1) is 26.2. The predicted molar refractivity (Wildman–Crippen MR) is 208 cm³/mol. The molecule has 4 aromatic heterocycles. The lowest BCUT2D eigenvalue weighted by molar-refractivity contribution is 0.0974. The number of nitrogens with zero attached hydrogens (tertiary/aromatic N) is 4. The molecule has 0 aliphatic heterocycles. The monoisotopic (exact) mass is 770 g/mol. The van der Waals surface area contributed by atoms with Crippen molar-refractivity contribution in [3.8, 4) is 24.3 Å². The molecular weight excluding hydrogens is 753 g/mol. The first-order valence-corrected chi connectivity index (χ1v) is 20.2. The molecule has 12 heteroatoms. The Morgan fingerprint density at radius 1 is 0.537 bits per heavy atom. The van der Waals surface area contributed by atoms with E-state index in [0.717, 1.165) is 61.5 Å². The summed E-state index contributed by atoms with van der Waals surface area (Å²) in [5.41, 5.74) is 2.83. The number of rotatable bonds is 2. The fourth-order valence-electron chi connectivity index (χ4n) is 8.50. The summed E-state index contributed by atoms with van der Waals surface area (Å²) in [6.45, 7) is 0. The van der Waals surface area contributed by atoms with Crippen molar-refractivity contribution in [1.29, 1.82) is 21.0 Å². The maximum atomic E-state index is 13.7. The molecule has 8 nitrogen and oxygen atoms in total. The van der Waals surface area contributed by atoms with E-state index in [1.807, 2.05) is 30.3 Å². The van der Waals surface area contributed by atoms with E-state index in [1.165, 1.54) is 55.3 Å². The van der Waals surface area contributed by atoms with Gasteiger partial charge in [0.15, 0.2) is 23.1 Å². The minimum Gasteiger partial charge on any atom is -0.288 e. The van der Waals surface area contributed by atoms with Gasteiger partial charge < -0.3 is 0 Å². The van der Waals surface area contributed by atoms with Crippen molar-refractivity contribution in [3.05, 3.63) is 113 Å². The van der Waals surface area contributed by atoms with Gasteiger partial charge in [-0.3, -0.25) is 19.2 Å². The van der Waals surface area contributed by atoms with Crippen LogP contribution in [-0.4, -0.2) is 23.1 Å². The molecule has 0 bridgehead atoms. The summed E-state index contributed by atoms with van der Waals surface area (Å²) < 4.78 is 6.91. The van der Waals surface area contributed by atoms with E-state index in [-0.39, 0.29) is 61.1 Å². The smallest absolute Gasteiger partial charge is 0.197 e. The number of Topliss-reactive ketones (excluding diaryl/α,β-unsaturated/α-hetero) is 4. The number of allylic oxidation sites excluding steroid dienone is 4. The maximum Gasteiger partial charge on any atom is 0.197 e. The molecule has 0 atom stereocenters. The average Bonchev–Trinajstić information content (AvgIpc) is 4.03. The number of nitriles is 4. The quantitative estimate of drug-likeness (QED) is 0.124. The van der Waals surface area contributed by atoms with Crippen molar-refractivity contribution in [2.75, 3.05) is 0 Å². The Morgan fingerprint density at radius 2 is 1.02 bits per heavy atom. The molecule has 54 heavy (non-hydrogen) atoms. The van der Waals surface area contributed by atoms with Crippen LogP contribution in [0.1, 0.15) is 111 Å². The highest BCUT2D eigenvalue weighted by Gasteiger charge is 2.46. The van der Waals surface area contributed by atoms with E-state index >= 15 is 0 Å². The van der Waals surface area contributed by atoms with Crippen LogP contribution in [0.4, 0.5) is 0 Å². The van der Waals surface area contributed by atoms with Crippen molar-refractivity contribution < 1.29 is 19.2 Å². The normalized spacial score (nSPS) is 16.8. The van der Waals surface area contributed by atoms with E-state index in [4.69, 9.17) is 0 Å². The van der Waals surface area contributed by atoms with Gasteiger partial charge in [0.05, 0.1) is 56.9 Å². The molecule has 4 heterocycles.